The van der Waals surface area contributed by atoms with E-state index in [2.05, 4.69) is 6.92 Å². The summed E-state index contributed by atoms with van der Waals surface area (Å²) < 4.78 is 5.24. The number of imide groups is 1. The summed E-state index contributed by atoms with van der Waals surface area (Å²) in [6, 6.07) is 8.51. The van der Waals surface area contributed by atoms with E-state index in [0.29, 0.717) is 21.9 Å². The summed E-state index contributed by atoms with van der Waals surface area (Å²) in [4.78, 5) is 39.6. The number of hydrogen-bond donors (Lipinski definition) is 0. The third-order valence-electron chi connectivity index (χ3n) is 4.73. The number of nitrogens with zero attached hydrogens (tertiary/aromatic N) is 1. The van der Waals surface area contributed by atoms with Crippen LogP contribution in [0.25, 0.3) is 0 Å². The molecule has 1 aliphatic heterocycles. The molecular weight excluding hydrogens is 338 g/mol. The van der Waals surface area contributed by atoms with Crippen LogP contribution in [0.5, 0.6) is 0 Å². The highest BCUT2D eigenvalue weighted by atomic mass is 32.1. The smallest absolute Gasteiger partial charge is 0.350 e. The van der Waals surface area contributed by atoms with Crippen LogP contribution in [0.3, 0.4) is 0 Å². The lowest BCUT2D eigenvalue weighted by Crippen LogP contribution is -2.33. The van der Waals surface area contributed by atoms with Crippen molar-refractivity contribution in [2.75, 3.05) is 6.73 Å². The molecule has 6 heteroatoms. The molecule has 2 amide bonds. The van der Waals surface area contributed by atoms with Gasteiger partial charge < -0.3 is 4.74 Å². The minimum absolute atomic E-state index is 0.351. The maximum atomic E-state index is 12.3. The van der Waals surface area contributed by atoms with Gasteiger partial charge in [0.2, 0.25) is 0 Å². The third-order valence-corrected chi connectivity index (χ3v) is 5.95. The second-order valence-electron chi connectivity index (χ2n) is 6.55. The number of benzene rings is 1. The van der Waals surface area contributed by atoms with Gasteiger partial charge in [-0.3, -0.25) is 9.59 Å². The van der Waals surface area contributed by atoms with E-state index in [0.717, 1.165) is 24.2 Å². The average molecular weight is 355 g/mol. The molecule has 5 nitrogen and oxygen atoms in total. The molecule has 0 spiro atoms. The Morgan fingerprint density at radius 1 is 1.24 bits per heavy atom. The Hall–Kier alpha value is -2.47. The monoisotopic (exact) mass is 355 g/mol. The summed E-state index contributed by atoms with van der Waals surface area (Å²) in [5.74, 6) is -0.701. The summed E-state index contributed by atoms with van der Waals surface area (Å²) in [7, 11) is 0. The molecule has 0 N–H and O–H groups in total. The van der Waals surface area contributed by atoms with Crippen molar-refractivity contribution in [1.82, 2.24) is 4.90 Å². The zero-order chi connectivity index (χ0) is 17.6. The predicted molar refractivity (Wildman–Crippen MR) is 92.7 cm³/mol. The van der Waals surface area contributed by atoms with Gasteiger partial charge in [-0.1, -0.05) is 19.1 Å². The fourth-order valence-electron chi connectivity index (χ4n) is 3.36. The molecule has 25 heavy (non-hydrogen) atoms. The molecule has 2 aromatic rings. The van der Waals surface area contributed by atoms with Crippen molar-refractivity contribution in [3.8, 4) is 0 Å². The maximum absolute atomic E-state index is 12.3. The van der Waals surface area contributed by atoms with Crippen LogP contribution in [0.4, 0.5) is 0 Å². The van der Waals surface area contributed by atoms with Gasteiger partial charge >= 0.3 is 5.97 Å². The van der Waals surface area contributed by atoms with Gasteiger partial charge in [0.25, 0.3) is 11.8 Å². The van der Waals surface area contributed by atoms with Crippen LogP contribution in [0.2, 0.25) is 0 Å². The molecule has 4 rings (SSSR count). The SMILES string of the molecule is C[C@H]1CCc2sc(C(=O)OCN3C(=O)c4ccccc4C3=O)cc2C1. The normalized spacial score (nSPS) is 18.9. The van der Waals surface area contributed by atoms with Crippen LogP contribution < -0.4 is 0 Å². The number of fused-ring (bicyclic) bond motifs is 2. The number of amides is 2. The largest absolute Gasteiger partial charge is 0.439 e. The number of carbonyl (C=O) groups excluding carboxylic acids is 3. The zero-order valence-electron chi connectivity index (χ0n) is 13.8. The van der Waals surface area contributed by atoms with Crippen LogP contribution in [0, 0.1) is 5.92 Å². The first-order valence-corrected chi connectivity index (χ1v) is 9.10. The van der Waals surface area contributed by atoms with Gasteiger partial charge in [0.05, 0.1) is 11.1 Å². The number of rotatable bonds is 3. The fourth-order valence-corrected chi connectivity index (χ4v) is 4.46. The van der Waals surface area contributed by atoms with Crippen molar-refractivity contribution >= 4 is 29.1 Å². The molecule has 0 radical (unpaired) electrons. The van der Waals surface area contributed by atoms with Crippen LogP contribution in [-0.4, -0.2) is 29.4 Å². The van der Waals surface area contributed by atoms with Crippen molar-refractivity contribution in [3.05, 3.63) is 56.8 Å². The first-order chi connectivity index (χ1) is 12.0. The number of esters is 1. The van der Waals surface area contributed by atoms with Crippen LogP contribution in [-0.2, 0) is 17.6 Å². The molecule has 0 fully saturated rings. The molecular formula is C19H17NO4S. The Kier molecular flexibility index (Phi) is 3.92. The number of hydrogen-bond acceptors (Lipinski definition) is 5. The standard InChI is InChI=1S/C19H17NO4S/c1-11-6-7-15-12(8-11)9-16(25-15)19(23)24-10-20-17(21)13-4-2-3-5-14(13)18(20)22/h2-5,9,11H,6-8,10H2,1H3/t11-/m0/s1. The topological polar surface area (TPSA) is 63.7 Å². The maximum Gasteiger partial charge on any atom is 0.350 e. The van der Waals surface area contributed by atoms with Gasteiger partial charge in [-0.25, -0.2) is 9.69 Å². The molecule has 1 aliphatic carbocycles. The Labute approximate surface area is 149 Å². The second-order valence-corrected chi connectivity index (χ2v) is 7.69. The lowest BCUT2D eigenvalue weighted by atomic mass is 9.90. The van der Waals surface area contributed by atoms with Crippen molar-refractivity contribution in [2.45, 2.75) is 26.2 Å². The Morgan fingerprint density at radius 3 is 2.60 bits per heavy atom. The lowest BCUT2D eigenvalue weighted by Gasteiger charge is -2.16. The summed E-state index contributed by atoms with van der Waals surface area (Å²) in [5.41, 5.74) is 1.92. The highest BCUT2D eigenvalue weighted by Gasteiger charge is 2.36. The summed E-state index contributed by atoms with van der Waals surface area (Å²) in [6.45, 7) is 1.85. The summed E-state index contributed by atoms with van der Waals surface area (Å²) in [5, 5.41) is 0. The number of carbonyl (C=O) groups is 3. The highest BCUT2D eigenvalue weighted by Crippen LogP contribution is 2.32. The molecule has 1 aromatic heterocycles. The van der Waals surface area contributed by atoms with E-state index in [1.165, 1.54) is 21.8 Å². The Balaban J connectivity index is 1.45. The lowest BCUT2D eigenvalue weighted by molar-refractivity contribution is 0.0232. The van der Waals surface area contributed by atoms with Crippen molar-refractivity contribution in [2.24, 2.45) is 5.92 Å². The molecule has 2 aliphatic rings. The van der Waals surface area contributed by atoms with E-state index >= 15 is 0 Å². The molecule has 1 atom stereocenters. The zero-order valence-corrected chi connectivity index (χ0v) is 14.6. The quantitative estimate of drug-likeness (QED) is 0.626. The molecule has 0 unspecified atom stereocenters. The van der Waals surface area contributed by atoms with Crippen LogP contribution in [0.15, 0.2) is 30.3 Å². The van der Waals surface area contributed by atoms with Crippen molar-refractivity contribution in [1.29, 1.82) is 0 Å². The molecule has 128 valence electrons. The van der Waals surface area contributed by atoms with E-state index in [-0.39, 0.29) is 6.73 Å². The van der Waals surface area contributed by atoms with Crippen LogP contribution >= 0.6 is 11.3 Å². The molecule has 0 bridgehead atoms. The third kappa shape index (κ3) is 2.76. The van der Waals surface area contributed by atoms with Gasteiger partial charge in [0.1, 0.15) is 4.88 Å². The van der Waals surface area contributed by atoms with Gasteiger partial charge in [-0.15, -0.1) is 11.3 Å². The number of thiophene rings is 1. The average Bonchev–Trinajstić information content (AvgIpc) is 3.13. The molecule has 2 heterocycles. The van der Waals surface area contributed by atoms with E-state index in [9.17, 15) is 14.4 Å². The molecule has 1 aromatic carbocycles. The van der Waals surface area contributed by atoms with E-state index in [4.69, 9.17) is 4.74 Å². The molecule has 0 saturated heterocycles. The van der Waals surface area contributed by atoms with Crippen molar-refractivity contribution in [3.63, 3.8) is 0 Å². The number of aryl methyl sites for hydroxylation is 1. The minimum Gasteiger partial charge on any atom is -0.439 e. The first kappa shape index (κ1) is 16.0. The van der Waals surface area contributed by atoms with Gasteiger partial charge in [0, 0.05) is 4.88 Å². The summed E-state index contributed by atoms with van der Waals surface area (Å²) >= 11 is 1.45. The minimum atomic E-state index is -0.483. The van der Waals surface area contributed by atoms with Crippen molar-refractivity contribution < 1.29 is 19.1 Å². The van der Waals surface area contributed by atoms with E-state index < -0.39 is 17.8 Å². The van der Waals surface area contributed by atoms with Gasteiger partial charge in [0.15, 0.2) is 6.73 Å². The van der Waals surface area contributed by atoms with Gasteiger partial charge in [-0.05, 0) is 48.9 Å². The second kappa shape index (κ2) is 6.11. The van der Waals surface area contributed by atoms with Crippen LogP contribution in [0.1, 0.15) is 54.2 Å². The summed E-state index contributed by atoms with van der Waals surface area (Å²) in [6.07, 6.45) is 3.11. The van der Waals surface area contributed by atoms with Gasteiger partial charge in [-0.2, -0.15) is 0 Å². The fraction of sp³-hybridized carbons (Fsp3) is 0.316. The molecule has 0 saturated carbocycles. The van der Waals surface area contributed by atoms with E-state index in [1.807, 2.05) is 6.07 Å². The first-order valence-electron chi connectivity index (χ1n) is 8.28. The Morgan fingerprint density at radius 2 is 1.92 bits per heavy atom. The highest BCUT2D eigenvalue weighted by molar-refractivity contribution is 7.14. The number of ether oxygens (including phenoxy) is 1. The Bertz CT molecular complexity index is 850. The van der Waals surface area contributed by atoms with E-state index in [1.54, 1.807) is 24.3 Å². The predicted octanol–water partition coefficient (Wildman–Crippen LogP) is 3.28.